The first-order chi connectivity index (χ1) is 6.02. The molecule has 0 aromatic heterocycles. The Kier molecular flexibility index (Phi) is 5.46. The summed E-state index contributed by atoms with van der Waals surface area (Å²) in [4.78, 5) is 10.2. The maximum Gasteiger partial charge on any atom is 1.00 e. The maximum atomic E-state index is 10.2. The summed E-state index contributed by atoms with van der Waals surface area (Å²) in [6.07, 6.45) is -0.514. The second-order valence-electron chi connectivity index (χ2n) is 2.49. The fourth-order valence-corrected chi connectivity index (χ4v) is 0.909. The molecule has 0 amide bonds. The van der Waals surface area contributed by atoms with Crippen LogP contribution in [0, 0.1) is 0 Å². The van der Waals surface area contributed by atoms with Gasteiger partial charge in [0.05, 0.1) is 0 Å². The molecule has 6 heteroatoms. The van der Waals surface area contributed by atoms with Gasteiger partial charge in [0.1, 0.15) is 0 Å². The zero-order valence-electron chi connectivity index (χ0n) is 7.52. The standard InChI is InChI=1S/C8H8O5.K/c9-5-2-1-4(3-6(10)11)7(12)8(5)13;/h1-2,9,12-13H,3H2,(H,10,11);/q;+1/p-1. The molecule has 1 rings (SSSR count). The molecule has 0 unspecified atom stereocenters. The van der Waals surface area contributed by atoms with Crippen molar-refractivity contribution in [1.82, 2.24) is 0 Å². The van der Waals surface area contributed by atoms with Gasteiger partial charge in [0.15, 0.2) is 11.5 Å². The van der Waals surface area contributed by atoms with Crippen molar-refractivity contribution in [3.63, 3.8) is 0 Å². The van der Waals surface area contributed by atoms with E-state index >= 15 is 0 Å². The molecule has 0 fully saturated rings. The summed E-state index contributed by atoms with van der Waals surface area (Å²) in [5.74, 6) is -3.23. The van der Waals surface area contributed by atoms with Gasteiger partial charge in [-0.25, -0.2) is 0 Å². The van der Waals surface area contributed by atoms with Crippen molar-refractivity contribution in [2.24, 2.45) is 0 Å². The van der Waals surface area contributed by atoms with Crippen molar-refractivity contribution < 1.29 is 76.6 Å². The van der Waals surface area contributed by atoms with Gasteiger partial charge in [0.25, 0.3) is 0 Å². The van der Waals surface area contributed by atoms with Crippen LogP contribution in [0.25, 0.3) is 0 Å². The van der Waals surface area contributed by atoms with Crippen LogP contribution in [0.15, 0.2) is 12.1 Å². The van der Waals surface area contributed by atoms with Gasteiger partial charge in [-0.05, 0) is 6.07 Å². The number of carbonyl (C=O) groups excluding carboxylic acids is 1. The Morgan fingerprint density at radius 2 is 1.79 bits per heavy atom. The summed E-state index contributed by atoms with van der Waals surface area (Å²) in [5.41, 5.74) is -0.00435. The number of rotatable bonds is 2. The van der Waals surface area contributed by atoms with Crippen molar-refractivity contribution in [2.45, 2.75) is 6.42 Å². The van der Waals surface area contributed by atoms with Gasteiger partial charge < -0.3 is 25.2 Å². The van der Waals surface area contributed by atoms with Gasteiger partial charge in [-0.3, -0.25) is 0 Å². The molecule has 0 aliphatic heterocycles. The third-order valence-corrected chi connectivity index (χ3v) is 1.55. The van der Waals surface area contributed by atoms with Crippen LogP contribution in [-0.4, -0.2) is 21.3 Å². The largest absolute Gasteiger partial charge is 1.00 e. The number of aromatic hydroxyl groups is 3. The van der Waals surface area contributed by atoms with Gasteiger partial charge in [0.2, 0.25) is 5.75 Å². The molecule has 0 saturated carbocycles. The SMILES string of the molecule is O=C([O-])Cc1ccc(O)c(O)c1O.[K+]. The molecule has 0 spiro atoms. The topological polar surface area (TPSA) is 101 Å². The Morgan fingerprint density at radius 1 is 1.21 bits per heavy atom. The van der Waals surface area contributed by atoms with Gasteiger partial charge >= 0.3 is 51.4 Å². The number of carboxylic acids is 1. The van der Waals surface area contributed by atoms with E-state index in [1.165, 1.54) is 6.07 Å². The molecule has 5 nitrogen and oxygen atoms in total. The Labute approximate surface area is 122 Å². The molecule has 0 atom stereocenters. The number of carbonyl (C=O) groups is 1. The van der Waals surface area contributed by atoms with Crippen molar-refractivity contribution in [3.8, 4) is 17.2 Å². The van der Waals surface area contributed by atoms with Crippen molar-refractivity contribution >= 4 is 5.97 Å². The van der Waals surface area contributed by atoms with E-state index in [9.17, 15) is 9.90 Å². The summed E-state index contributed by atoms with van der Waals surface area (Å²) in [5, 5.41) is 37.1. The monoisotopic (exact) mass is 222 g/mol. The van der Waals surface area contributed by atoms with Gasteiger partial charge in [-0.2, -0.15) is 0 Å². The maximum absolute atomic E-state index is 10.2. The number of benzene rings is 1. The Hall–Kier alpha value is -0.274. The summed E-state index contributed by atoms with van der Waals surface area (Å²) < 4.78 is 0. The number of carboxylic acid groups (broad SMARTS) is 1. The molecular formula is C8H7KO5. The van der Waals surface area contributed by atoms with Gasteiger partial charge in [-0.15, -0.1) is 0 Å². The number of hydrogen-bond acceptors (Lipinski definition) is 5. The van der Waals surface area contributed by atoms with E-state index < -0.39 is 29.6 Å². The Bertz CT molecular complexity index is 350. The molecule has 0 aliphatic carbocycles. The Balaban J connectivity index is 0.00000169. The number of phenols is 3. The van der Waals surface area contributed by atoms with Gasteiger partial charge in [0, 0.05) is 18.0 Å². The van der Waals surface area contributed by atoms with E-state index in [4.69, 9.17) is 15.3 Å². The molecule has 0 bridgehead atoms. The zero-order chi connectivity index (χ0) is 10.0. The first-order valence-corrected chi connectivity index (χ1v) is 3.45. The molecule has 1 aromatic carbocycles. The van der Waals surface area contributed by atoms with Crippen LogP contribution >= 0.6 is 0 Å². The van der Waals surface area contributed by atoms with Crippen molar-refractivity contribution in [2.75, 3.05) is 0 Å². The van der Waals surface area contributed by atoms with Crippen LogP contribution in [0.1, 0.15) is 5.56 Å². The average Bonchev–Trinajstić information content (AvgIpc) is 2.06. The second kappa shape index (κ2) is 5.57. The first-order valence-electron chi connectivity index (χ1n) is 3.45. The molecule has 3 N–H and O–H groups in total. The number of phenolic OH excluding ortho intramolecular Hbond substituents is 3. The smallest absolute Gasteiger partial charge is 0.550 e. The average molecular weight is 222 g/mol. The van der Waals surface area contributed by atoms with Crippen molar-refractivity contribution in [1.29, 1.82) is 0 Å². The Morgan fingerprint density at radius 3 is 2.29 bits per heavy atom. The van der Waals surface area contributed by atoms with Crippen LogP contribution in [0.2, 0.25) is 0 Å². The molecule has 0 aliphatic rings. The zero-order valence-corrected chi connectivity index (χ0v) is 10.6. The fraction of sp³-hybridized carbons (Fsp3) is 0.125. The first kappa shape index (κ1) is 13.7. The summed E-state index contributed by atoms with van der Waals surface area (Å²) >= 11 is 0. The minimum absolute atomic E-state index is 0. The normalized spacial score (nSPS) is 9.14. The minimum Gasteiger partial charge on any atom is -0.550 e. The molecule has 1 aromatic rings. The minimum atomic E-state index is -1.37. The third-order valence-electron chi connectivity index (χ3n) is 1.55. The predicted molar refractivity (Wildman–Crippen MR) is 40.1 cm³/mol. The summed E-state index contributed by atoms with van der Waals surface area (Å²) in [6, 6.07) is 2.29. The number of aliphatic carboxylic acids is 1. The van der Waals surface area contributed by atoms with E-state index in [1.807, 2.05) is 0 Å². The van der Waals surface area contributed by atoms with E-state index in [0.717, 1.165) is 6.07 Å². The van der Waals surface area contributed by atoms with E-state index in [1.54, 1.807) is 0 Å². The quantitative estimate of drug-likeness (QED) is 0.351. The molecule has 0 saturated heterocycles. The van der Waals surface area contributed by atoms with Crippen LogP contribution in [0.4, 0.5) is 0 Å². The summed E-state index contributed by atoms with van der Waals surface area (Å²) in [7, 11) is 0. The third kappa shape index (κ3) is 3.14. The molecule has 0 radical (unpaired) electrons. The van der Waals surface area contributed by atoms with Crippen LogP contribution in [0.5, 0.6) is 17.2 Å². The number of hydrogen-bond donors (Lipinski definition) is 3. The van der Waals surface area contributed by atoms with E-state index in [0.29, 0.717) is 0 Å². The van der Waals surface area contributed by atoms with Crippen LogP contribution in [-0.2, 0) is 11.2 Å². The van der Waals surface area contributed by atoms with Crippen LogP contribution in [0.3, 0.4) is 0 Å². The van der Waals surface area contributed by atoms with Crippen LogP contribution < -0.4 is 56.5 Å². The molecule has 14 heavy (non-hydrogen) atoms. The van der Waals surface area contributed by atoms with Crippen molar-refractivity contribution in [3.05, 3.63) is 17.7 Å². The molecule has 70 valence electrons. The molecular weight excluding hydrogens is 215 g/mol. The van der Waals surface area contributed by atoms with E-state index in [-0.39, 0.29) is 56.9 Å². The predicted octanol–water partition coefficient (Wildman–Crippen LogP) is -3.90. The second-order valence-corrected chi connectivity index (χ2v) is 2.49. The summed E-state index contributed by atoms with van der Waals surface area (Å²) in [6.45, 7) is 0. The fourth-order valence-electron chi connectivity index (χ4n) is 0.909. The molecule has 0 heterocycles. The van der Waals surface area contributed by atoms with E-state index in [2.05, 4.69) is 0 Å². The van der Waals surface area contributed by atoms with Gasteiger partial charge in [-0.1, -0.05) is 6.07 Å².